The number of aliphatic hydroxyl groups excluding tert-OH is 1. The second-order valence-corrected chi connectivity index (χ2v) is 12.5. The summed E-state index contributed by atoms with van der Waals surface area (Å²) in [5.41, 5.74) is 0.747. The molecule has 2 aromatic carbocycles. The van der Waals surface area contributed by atoms with Gasteiger partial charge in [-0.15, -0.1) is 0 Å². The van der Waals surface area contributed by atoms with Crippen molar-refractivity contribution < 1.29 is 31.5 Å². The predicted molar refractivity (Wildman–Crippen MR) is 155 cm³/mol. The molecule has 1 aromatic heterocycles. The van der Waals surface area contributed by atoms with Crippen molar-refractivity contribution in [3.63, 3.8) is 0 Å². The second-order valence-electron chi connectivity index (χ2n) is 12.5. The van der Waals surface area contributed by atoms with Gasteiger partial charge in [0.15, 0.2) is 5.76 Å². The zero-order valence-corrected chi connectivity index (χ0v) is 24.2. The van der Waals surface area contributed by atoms with Crippen molar-refractivity contribution >= 4 is 12.1 Å². The van der Waals surface area contributed by atoms with Gasteiger partial charge in [0.2, 0.25) is 0 Å². The number of likely N-dealkylation sites (tertiary alicyclic amines) is 1. The number of fused-ring (bicyclic) bond motifs is 2. The molecular formula is C33H36F5N3O2. The normalized spacial score (nSPS) is 24.1. The van der Waals surface area contributed by atoms with Crippen LogP contribution in [0.4, 0.5) is 28.0 Å². The molecule has 0 radical (unpaired) electrons. The Morgan fingerprint density at radius 2 is 1.77 bits per heavy atom. The monoisotopic (exact) mass is 601 g/mol. The lowest BCUT2D eigenvalue weighted by atomic mass is 9.68. The summed E-state index contributed by atoms with van der Waals surface area (Å²) >= 11 is 0. The lowest BCUT2D eigenvalue weighted by molar-refractivity contribution is -0.137. The molecule has 3 aromatic rings. The molecule has 2 fully saturated rings. The van der Waals surface area contributed by atoms with Crippen molar-refractivity contribution in [3.05, 3.63) is 77.0 Å². The number of piperidine rings is 2. The molecular weight excluding hydrogens is 565 g/mol. The van der Waals surface area contributed by atoms with Crippen LogP contribution in [0.3, 0.4) is 0 Å². The van der Waals surface area contributed by atoms with Gasteiger partial charge >= 0.3 is 6.18 Å². The van der Waals surface area contributed by atoms with Crippen LogP contribution in [-0.2, 0) is 17.5 Å². The molecule has 1 aliphatic carbocycles. The number of hydrogen-bond donors (Lipinski definition) is 1. The molecule has 43 heavy (non-hydrogen) atoms. The maximum Gasteiger partial charge on any atom is 0.416 e. The van der Waals surface area contributed by atoms with Gasteiger partial charge in [0.25, 0.3) is 11.9 Å². The second kappa shape index (κ2) is 11.0. The van der Waals surface area contributed by atoms with Gasteiger partial charge in [-0.2, -0.15) is 13.2 Å². The van der Waals surface area contributed by atoms with Crippen LogP contribution in [0.5, 0.6) is 0 Å². The Morgan fingerprint density at radius 3 is 2.47 bits per heavy atom. The van der Waals surface area contributed by atoms with Crippen molar-refractivity contribution in [3.8, 4) is 11.3 Å². The molecule has 3 atom stereocenters. The van der Waals surface area contributed by atoms with Crippen LogP contribution in [0, 0.1) is 11.8 Å². The van der Waals surface area contributed by atoms with Crippen LogP contribution in [-0.4, -0.2) is 53.8 Å². The molecule has 0 bridgehead atoms. The van der Waals surface area contributed by atoms with E-state index >= 15 is 0 Å². The summed E-state index contributed by atoms with van der Waals surface area (Å²) < 4.78 is 73.9. The van der Waals surface area contributed by atoms with E-state index in [0.717, 1.165) is 31.6 Å². The van der Waals surface area contributed by atoms with Gasteiger partial charge in [-0.1, -0.05) is 43.3 Å². The molecule has 3 aliphatic rings. The number of nitrogens with zero attached hydrogens (tertiary/aromatic N) is 3. The van der Waals surface area contributed by atoms with Crippen LogP contribution in [0.1, 0.15) is 55.4 Å². The fraction of sp³-hybridized carbons (Fsp3) is 0.485. The number of aliphatic hydroxyl groups is 1. The minimum atomic E-state index is -4.78. The Bertz CT molecular complexity index is 1460. The van der Waals surface area contributed by atoms with Gasteiger partial charge in [-0.3, -0.25) is 0 Å². The number of rotatable bonds is 6. The van der Waals surface area contributed by atoms with E-state index < -0.39 is 29.3 Å². The summed E-state index contributed by atoms with van der Waals surface area (Å²) in [5.74, 6) is -2.94. The molecule has 1 spiro atoms. The lowest BCUT2D eigenvalue weighted by Gasteiger charge is -2.45. The van der Waals surface area contributed by atoms with Crippen LogP contribution >= 0.6 is 0 Å². The van der Waals surface area contributed by atoms with Crippen molar-refractivity contribution in [2.24, 2.45) is 11.8 Å². The summed E-state index contributed by atoms with van der Waals surface area (Å²) in [6, 6.07) is 11.1. The Morgan fingerprint density at radius 1 is 1.05 bits per heavy atom. The highest BCUT2D eigenvalue weighted by Gasteiger charge is 2.43. The molecule has 10 heteroatoms. The first-order chi connectivity index (χ1) is 20.3. The highest BCUT2D eigenvalue weighted by Crippen LogP contribution is 2.47. The zero-order chi connectivity index (χ0) is 30.6. The fourth-order valence-corrected chi connectivity index (χ4v) is 7.06. The molecule has 0 unspecified atom stereocenters. The van der Waals surface area contributed by atoms with E-state index in [0.29, 0.717) is 51.4 Å². The van der Waals surface area contributed by atoms with E-state index in [-0.39, 0.29) is 28.7 Å². The van der Waals surface area contributed by atoms with Gasteiger partial charge in [0, 0.05) is 49.6 Å². The van der Waals surface area contributed by atoms with Crippen molar-refractivity contribution in [2.45, 2.75) is 56.7 Å². The van der Waals surface area contributed by atoms with Crippen molar-refractivity contribution in [2.75, 3.05) is 37.6 Å². The minimum absolute atomic E-state index is 0.00882. The number of hydrogen-bond acceptors (Lipinski definition) is 5. The number of alkyl halides is 5. The van der Waals surface area contributed by atoms with Gasteiger partial charge in [0.1, 0.15) is 0 Å². The summed E-state index contributed by atoms with van der Waals surface area (Å²) in [7, 11) is 0. The predicted octanol–water partition coefficient (Wildman–Crippen LogP) is 7.36. The van der Waals surface area contributed by atoms with Crippen molar-refractivity contribution in [1.82, 2.24) is 9.88 Å². The molecule has 2 aliphatic heterocycles. The maximum absolute atomic E-state index is 14.0. The van der Waals surface area contributed by atoms with Crippen LogP contribution in [0.15, 0.2) is 59.2 Å². The highest BCUT2D eigenvalue weighted by atomic mass is 19.4. The summed E-state index contributed by atoms with van der Waals surface area (Å²) in [5, 5.41) is 11.2. The van der Waals surface area contributed by atoms with Crippen molar-refractivity contribution in [1.29, 1.82) is 0 Å². The van der Waals surface area contributed by atoms with E-state index in [1.807, 2.05) is 4.90 Å². The van der Waals surface area contributed by atoms with E-state index in [1.165, 1.54) is 17.3 Å². The molecule has 230 valence electrons. The molecule has 0 saturated carbocycles. The Kier molecular flexibility index (Phi) is 7.65. The Labute approximate surface area is 248 Å². The van der Waals surface area contributed by atoms with Crippen LogP contribution in [0.25, 0.3) is 17.4 Å². The average Bonchev–Trinajstić information content (AvgIpc) is 3.61. The summed E-state index contributed by atoms with van der Waals surface area (Å²) in [4.78, 5) is 8.48. The molecule has 0 amide bonds. The lowest BCUT2D eigenvalue weighted by Crippen LogP contribution is -2.50. The third kappa shape index (κ3) is 5.83. The average molecular weight is 602 g/mol. The first-order valence-corrected chi connectivity index (χ1v) is 14.8. The number of β-amino-alcohol motifs (C(OH)–C–C–N with tert-alkyl or cyclic N) is 1. The smallest absolute Gasteiger partial charge is 0.416 e. The Hall–Kier alpha value is -3.24. The molecule has 3 heterocycles. The van der Waals surface area contributed by atoms with E-state index in [1.54, 1.807) is 0 Å². The number of anilines is 1. The van der Waals surface area contributed by atoms with Crippen LogP contribution < -0.4 is 4.90 Å². The molecule has 2 saturated heterocycles. The van der Waals surface area contributed by atoms with Gasteiger partial charge in [-0.05, 0) is 67.0 Å². The Balaban J connectivity index is 1.06. The zero-order valence-electron chi connectivity index (χ0n) is 24.2. The molecule has 6 rings (SSSR count). The minimum Gasteiger partial charge on any atom is -0.423 e. The quantitative estimate of drug-likeness (QED) is 0.300. The van der Waals surface area contributed by atoms with Crippen LogP contribution in [0.2, 0.25) is 0 Å². The standard InChI is InChI=1S/C33H36F5N3O2/c1-21-19-40(14-11-32(21)10-7-22-5-3-4-6-27(22)32)20-28(42)23-8-12-41(13-9-23)30-39-18-29(43-30)24-15-25(31(2,34)35)17-26(16-24)33(36,37)38/h3-7,10,15-18,21,23,28,42H,8-9,11-14,19-20H2,1-2H3/t21-,28+,32-/m0/s1. The molecule has 1 N–H and O–H groups in total. The number of allylic oxidation sites excluding steroid dienone is 1. The number of benzene rings is 2. The number of aromatic nitrogens is 1. The summed E-state index contributed by atoms with van der Waals surface area (Å²) in [6.07, 6.45) is 3.04. The first-order valence-electron chi connectivity index (χ1n) is 14.8. The topological polar surface area (TPSA) is 52.7 Å². The van der Waals surface area contributed by atoms with Gasteiger partial charge < -0.3 is 19.3 Å². The number of halogens is 5. The SMILES string of the molecule is C[C@H]1CN(C[C@@H](O)C2CCN(c3ncc(-c4cc(C(C)(F)F)cc(C(F)(F)F)c4)o3)CC2)CC[C@@]12C=Cc1ccccc12. The molecule has 5 nitrogen and oxygen atoms in total. The van der Waals surface area contributed by atoms with E-state index in [9.17, 15) is 27.1 Å². The third-order valence-corrected chi connectivity index (χ3v) is 9.62. The third-order valence-electron chi connectivity index (χ3n) is 9.62. The van der Waals surface area contributed by atoms with Gasteiger partial charge in [0.05, 0.1) is 17.9 Å². The van der Waals surface area contributed by atoms with E-state index in [4.69, 9.17) is 4.42 Å². The van der Waals surface area contributed by atoms with E-state index in [2.05, 4.69) is 53.2 Å². The largest absolute Gasteiger partial charge is 0.423 e. The fourth-order valence-electron chi connectivity index (χ4n) is 7.06. The first kappa shape index (κ1) is 29.8. The maximum atomic E-state index is 14.0. The number of oxazole rings is 1. The summed E-state index contributed by atoms with van der Waals surface area (Å²) in [6.45, 7) is 6.41. The van der Waals surface area contributed by atoms with Gasteiger partial charge in [-0.25, -0.2) is 13.8 Å². The highest BCUT2D eigenvalue weighted by molar-refractivity contribution is 5.65.